The van der Waals surface area contributed by atoms with Gasteiger partial charge in [-0.25, -0.2) is 22.2 Å². The molecule has 1 fully saturated rings. The van der Waals surface area contributed by atoms with Crippen molar-refractivity contribution in [1.82, 2.24) is 20.3 Å². The van der Waals surface area contributed by atoms with Gasteiger partial charge in [0.25, 0.3) is 11.8 Å². The first-order valence-electron chi connectivity index (χ1n) is 12.0. The first-order chi connectivity index (χ1) is 18.2. The molecule has 0 spiro atoms. The summed E-state index contributed by atoms with van der Waals surface area (Å²) in [6, 6.07) is 14.9. The summed E-state index contributed by atoms with van der Waals surface area (Å²) in [4.78, 5) is 26.3. The Bertz CT molecular complexity index is 1690. The molecule has 1 aliphatic carbocycles. The number of hydrogen-bond donors (Lipinski definition) is 1. The molecule has 8 nitrogen and oxygen atoms in total. The summed E-state index contributed by atoms with van der Waals surface area (Å²) in [6.45, 7) is 0.386. The first-order valence-corrected chi connectivity index (χ1v) is 13.7. The Balaban J connectivity index is 1.20. The van der Waals surface area contributed by atoms with Crippen LogP contribution in [0.5, 0.6) is 0 Å². The third kappa shape index (κ3) is 4.74. The molecule has 6 rings (SSSR count). The Morgan fingerprint density at radius 1 is 1.08 bits per heavy atom. The fourth-order valence-electron chi connectivity index (χ4n) is 4.46. The number of nitrogens with one attached hydrogen (secondary N) is 1. The summed E-state index contributed by atoms with van der Waals surface area (Å²) in [6.07, 6.45) is 1.45. The van der Waals surface area contributed by atoms with Crippen molar-refractivity contribution in [2.75, 3.05) is 12.4 Å². The SMILES string of the molecule is O=C(NCc1cc2nc(-c3cccc([C@H]4CC4(F)F)n3)ccc2cn1)c1ccc2c(c1)S(=O)(=O)CCOC2. The molecule has 38 heavy (non-hydrogen) atoms. The number of rotatable bonds is 5. The van der Waals surface area contributed by atoms with Crippen molar-refractivity contribution in [3.05, 3.63) is 83.3 Å². The first kappa shape index (κ1) is 24.5. The Kier molecular flexibility index (Phi) is 5.92. The van der Waals surface area contributed by atoms with Gasteiger partial charge in [-0.2, -0.15) is 0 Å². The van der Waals surface area contributed by atoms with E-state index in [9.17, 15) is 22.0 Å². The van der Waals surface area contributed by atoms with Crippen LogP contribution in [0.15, 0.2) is 65.7 Å². The molecular weight excluding hydrogens is 514 g/mol. The van der Waals surface area contributed by atoms with Crippen molar-refractivity contribution in [2.45, 2.75) is 36.3 Å². The second-order valence-electron chi connectivity index (χ2n) is 9.41. The van der Waals surface area contributed by atoms with Gasteiger partial charge in [0.2, 0.25) is 0 Å². The van der Waals surface area contributed by atoms with E-state index >= 15 is 0 Å². The number of hydrogen-bond acceptors (Lipinski definition) is 7. The molecule has 1 saturated carbocycles. The number of nitrogens with zero attached hydrogens (tertiary/aromatic N) is 3. The maximum Gasteiger partial charge on any atom is 0.257 e. The average molecular weight is 537 g/mol. The minimum Gasteiger partial charge on any atom is -0.376 e. The van der Waals surface area contributed by atoms with Gasteiger partial charge in [-0.1, -0.05) is 12.1 Å². The number of carbonyl (C=O) groups is 1. The Morgan fingerprint density at radius 3 is 2.71 bits per heavy atom. The van der Waals surface area contributed by atoms with E-state index in [0.717, 1.165) is 5.39 Å². The van der Waals surface area contributed by atoms with Crippen molar-refractivity contribution < 1.29 is 26.7 Å². The predicted octanol–water partition coefficient (Wildman–Crippen LogP) is 4.05. The number of pyridine rings is 3. The number of fused-ring (bicyclic) bond motifs is 2. The minimum atomic E-state index is -3.53. The van der Waals surface area contributed by atoms with Crippen LogP contribution in [0.25, 0.3) is 22.3 Å². The van der Waals surface area contributed by atoms with Gasteiger partial charge in [0.1, 0.15) is 0 Å². The standard InChI is InChI=1S/C27H22F2N4O4S/c28-27(29)12-20(27)21-2-1-3-22(32-21)23-7-6-17-13-30-19(11-24(17)33-23)14-31-26(34)16-4-5-18-15-37-8-9-38(35,36)25(18)10-16/h1-7,10-11,13,20H,8-9,12,14-15H2,(H,31,34)/t20-/m1/s1. The van der Waals surface area contributed by atoms with Crippen molar-refractivity contribution in [3.63, 3.8) is 0 Å². The second-order valence-corrected chi connectivity index (χ2v) is 11.5. The highest BCUT2D eigenvalue weighted by Crippen LogP contribution is 2.55. The van der Waals surface area contributed by atoms with Crippen LogP contribution < -0.4 is 5.32 Å². The third-order valence-corrected chi connectivity index (χ3v) is 8.45. The van der Waals surface area contributed by atoms with E-state index in [1.807, 2.05) is 6.07 Å². The Hall–Kier alpha value is -3.83. The third-order valence-electron chi connectivity index (χ3n) is 6.69. The molecule has 1 N–H and O–H groups in total. The van der Waals surface area contributed by atoms with Gasteiger partial charge in [0, 0.05) is 23.6 Å². The zero-order valence-electron chi connectivity index (χ0n) is 20.0. The van der Waals surface area contributed by atoms with Crippen LogP contribution in [0.1, 0.15) is 39.6 Å². The second kappa shape index (κ2) is 9.17. The molecule has 11 heteroatoms. The number of carbonyl (C=O) groups excluding carboxylic acids is 1. The number of amides is 1. The Labute approximate surface area is 217 Å². The minimum absolute atomic E-state index is 0.0954. The molecule has 3 aromatic heterocycles. The zero-order chi connectivity index (χ0) is 26.5. The largest absolute Gasteiger partial charge is 0.376 e. The molecule has 0 radical (unpaired) electrons. The number of aromatic nitrogens is 3. The summed E-state index contributed by atoms with van der Waals surface area (Å²) in [7, 11) is -3.53. The lowest BCUT2D eigenvalue weighted by Crippen LogP contribution is -2.23. The molecule has 0 bridgehead atoms. The molecule has 2 aliphatic rings. The van der Waals surface area contributed by atoms with Gasteiger partial charge >= 0.3 is 0 Å². The number of sulfone groups is 1. The number of benzene rings is 1. The number of ether oxygens (including phenoxy) is 1. The van der Waals surface area contributed by atoms with E-state index in [2.05, 4.69) is 20.3 Å². The van der Waals surface area contributed by atoms with Crippen LogP contribution in [0.4, 0.5) is 8.78 Å². The molecule has 4 heterocycles. The predicted molar refractivity (Wildman–Crippen MR) is 134 cm³/mol. The van der Waals surface area contributed by atoms with Crippen LogP contribution in [-0.2, 0) is 27.7 Å². The quantitative estimate of drug-likeness (QED) is 0.410. The van der Waals surface area contributed by atoms with E-state index in [-0.39, 0.29) is 42.4 Å². The highest BCUT2D eigenvalue weighted by molar-refractivity contribution is 7.91. The summed E-state index contributed by atoms with van der Waals surface area (Å²) >= 11 is 0. The molecule has 1 atom stereocenters. The van der Waals surface area contributed by atoms with Crippen molar-refractivity contribution in [1.29, 1.82) is 0 Å². The molecule has 1 aromatic carbocycles. The maximum absolute atomic E-state index is 13.5. The van der Waals surface area contributed by atoms with E-state index < -0.39 is 27.6 Å². The van der Waals surface area contributed by atoms with Gasteiger partial charge in [-0.15, -0.1) is 0 Å². The van der Waals surface area contributed by atoms with Gasteiger partial charge < -0.3 is 10.1 Å². The van der Waals surface area contributed by atoms with E-state index in [0.29, 0.717) is 33.9 Å². The summed E-state index contributed by atoms with van der Waals surface area (Å²) in [5.74, 6) is -4.12. The van der Waals surface area contributed by atoms with E-state index in [1.165, 1.54) is 6.07 Å². The van der Waals surface area contributed by atoms with Gasteiger partial charge in [-0.3, -0.25) is 14.8 Å². The van der Waals surface area contributed by atoms with Crippen LogP contribution in [0, 0.1) is 0 Å². The van der Waals surface area contributed by atoms with Crippen molar-refractivity contribution >= 4 is 26.6 Å². The summed E-state index contributed by atoms with van der Waals surface area (Å²) in [5, 5.41) is 3.54. The molecular formula is C27H22F2N4O4S. The smallest absolute Gasteiger partial charge is 0.257 e. The Morgan fingerprint density at radius 2 is 1.89 bits per heavy atom. The van der Waals surface area contributed by atoms with Gasteiger partial charge in [-0.05, 0) is 48.0 Å². The molecule has 0 unspecified atom stereocenters. The lowest BCUT2D eigenvalue weighted by Gasteiger charge is -2.10. The topological polar surface area (TPSA) is 111 Å². The molecule has 0 saturated heterocycles. The van der Waals surface area contributed by atoms with Crippen LogP contribution in [-0.4, -0.2) is 47.6 Å². The zero-order valence-corrected chi connectivity index (χ0v) is 20.8. The fraction of sp³-hybridized carbons (Fsp3) is 0.259. The summed E-state index contributed by atoms with van der Waals surface area (Å²) < 4.78 is 57.4. The lowest BCUT2D eigenvalue weighted by molar-refractivity contribution is 0.0949. The highest BCUT2D eigenvalue weighted by Gasteiger charge is 2.58. The normalized spacial score (nSPS) is 19.4. The fourth-order valence-corrected chi connectivity index (χ4v) is 5.85. The lowest BCUT2D eigenvalue weighted by atomic mass is 10.1. The van der Waals surface area contributed by atoms with Crippen LogP contribution in [0.2, 0.25) is 0 Å². The van der Waals surface area contributed by atoms with Gasteiger partial charge in [0.05, 0.1) is 64.6 Å². The monoisotopic (exact) mass is 536 g/mol. The van der Waals surface area contributed by atoms with E-state index in [1.54, 1.807) is 48.7 Å². The highest BCUT2D eigenvalue weighted by atomic mass is 32.2. The summed E-state index contributed by atoms with van der Waals surface area (Å²) in [5.41, 5.74) is 3.31. The molecule has 4 aromatic rings. The van der Waals surface area contributed by atoms with Crippen molar-refractivity contribution in [2.24, 2.45) is 0 Å². The van der Waals surface area contributed by atoms with E-state index in [4.69, 9.17) is 4.74 Å². The average Bonchev–Trinajstić information content (AvgIpc) is 3.60. The molecule has 1 aliphatic heterocycles. The van der Waals surface area contributed by atoms with Crippen LogP contribution >= 0.6 is 0 Å². The molecule has 194 valence electrons. The van der Waals surface area contributed by atoms with Gasteiger partial charge in [0.15, 0.2) is 9.84 Å². The number of alkyl halides is 2. The van der Waals surface area contributed by atoms with Crippen LogP contribution in [0.3, 0.4) is 0 Å². The maximum atomic E-state index is 13.5. The van der Waals surface area contributed by atoms with Crippen molar-refractivity contribution in [3.8, 4) is 11.4 Å². The number of halogens is 2. The molecule has 1 amide bonds.